The van der Waals surface area contributed by atoms with Crippen molar-refractivity contribution in [1.82, 2.24) is 14.5 Å². The van der Waals surface area contributed by atoms with Gasteiger partial charge in [0.25, 0.3) is 5.56 Å². The molecule has 2 aliphatic rings. The third kappa shape index (κ3) is 2.67. The van der Waals surface area contributed by atoms with Crippen LogP contribution >= 0.6 is 0 Å². The zero-order chi connectivity index (χ0) is 16.5. The molecule has 1 saturated heterocycles. The van der Waals surface area contributed by atoms with Crippen LogP contribution in [-0.2, 0) is 4.74 Å². The van der Waals surface area contributed by atoms with E-state index < -0.39 is 6.17 Å². The molecular weight excluding hydrogens is 306 g/mol. The van der Waals surface area contributed by atoms with Crippen LogP contribution in [0, 0.1) is 6.92 Å². The largest absolute Gasteiger partial charge is 0.378 e. The molecule has 0 bridgehead atoms. The van der Waals surface area contributed by atoms with Gasteiger partial charge in [-0.05, 0) is 12.5 Å². The first-order valence-electron chi connectivity index (χ1n) is 8.05. The lowest BCUT2D eigenvalue weighted by atomic mass is 10.1. The number of hydrogen-bond donors (Lipinski definition) is 1. The second kappa shape index (κ2) is 6.09. The number of benzene rings is 1. The van der Waals surface area contributed by atoms with E-state index in [-0.39, 0.29) is 5.56 Å². The average molecular weight is 325 g/mol. The Morgan fingerprint density at radius 3 is 2.71 bits per heavy atom. The highest BCUT2D eigenvalue weighted by atomic mass is 16.5. The van der Waals surface area contributed by atoms with Gasteiger partial charge in [-0.2, -0.15) is 0 Å². The van der Waals surface area contributed by atoms with E-state index in [1.54, 1.807) is 4.57 Å². The molecule has 3 heterocycles. The monoisotopic (exact) mass is 325 g/mol. The van der Waals surface area contributed by atoms with Crippen LogP contribution in [0.4, 0.5) is 5.95 Å². The van der Waals surface area contributed by atoms with Gasteiger partial charge in [0.2, 0.25) is 11.9 Å². The van der Waals surface area contributed by atoms with Crippen molar-refractivity contribution in [3.8, 4) is 0 Å². The number of ether oxygens (including phenoxy) is 1. The number of guanidine groups is 1. The van der Waals surface area contributed by atoms with E-state index in [1.165, 1.54) is 6.07 Å². The molecule has 1 aromatic heterocycles. The second-order valence-corrected chi connectivity index (χ2v) is 5.89. The maximum absolute atomic E-state index is 12.5. The molecule has 0 radical (unpaired) electrons. The minimum Gasteiger partial charge on any atom is -0.378 e. The number of nitrogens with one attached hydrogen (secondary N) is 1. The van der Waals surface area contributed by atoms with Crippen molar-refractivity contribution >= 4 is 11.9 Å². The van der Waals surface area contributed by atoms with Gasteiger partial charge in [0.05, 0.1) is 13.2 Å². The Kier molecular flexibility index (Phi) is 3.78. The van der Waals surface area contributed by atoms with Crippen LogP contribution < -0.4 is 10.9 Å². The van der Waals surface area contributed by atoms with E-state index in [0.717, 1.165) is 24.6 Å². The van der Waals surface area contributed by atoms with Gasteiger partial charge in [-0.3, -0.25) is 14.7 Å². The summed E-state index contributed by atoms with van der Waals surface area (Å²) < 4.78 is 7.02. The van der Waals surface area contributed by atoms with Crippen molar-refractivity contribution in [2.75, 3.05) is 31.6 Å². The Balaban J connectivity index is 1.82. The van der Waals surface area contributed by atoms with Crippen molar-refractivity contribution in [2.24, 2.45) is 4.99 Å². The van der Waals surface area contributed by atoms with Crippen LogP contribution in [0.5, 0.6) is 0 Å². The molecule has 1 aromatic carbocycles. The predicted octanol–water partition coefficient (Wildman–Crippen LogP) is 1.21. The first kappa shape index (κ1) is 14.9. The smallest absolute Gasteiger partial charge is 0.257 e. The summed E-state index contributed by atoms with van der Waals surface area (Å²) in [6, 6.07) is 11.4. The molecule has 2 aliphatic heterocycles. The first-order valence-corrected chi connectivity index (χ1v) is 8.05. The normalized spacial score (nSPS) is 20.1. The summed E-state index contributed by atoms with van der Waals surface area (Å²) >= 11 is 0. The van der Waals surface area contributed by atoms with Gasteiger partial charge in [-0.1, -0.05) is 30.3 Å². The van der Waals surface area contributed by atoms with Crippen molar-refractivity contribution in [3.63, 3.8) is 0 Å². The van der Waals surface area contributed by atoms with Gasteiger partial charge < -0.3 is 9.64 Å². The van der Waals surface area contributed by atoms with Crippen LogP contribution in [0.15, 0.2) is 46.2 Å². The molecule has 0 saturated carbocycles. The van der Waals surface area contributed by atoms with E-state index in [2.05, 4.69) is 15.2 Å². The topological polar surface area (TPSA) is 71.8 Å². The van der Waals surface area contributed by atoms with E-state index in [9.17, 15) is 4.79 Å². The van der Waals surface area contributed by atoms with Crippen LogP contribution in [0.25, 0.3) is 0 Å². The van der Waals surface area contributed by atoms with Gasteiger partial charge >= 0.3 is 0 Å². The predicted molar refractivity (Wildman–Crippen MR) is 91.3 cm³/mol. The number of nitrogens with zero attached hydrogens (tertiary/aromatic N) is 4. The Morgan fingerprint density at radius 2 is 1.96 bits per heavy atom. The fourth-order valence-corrected chi connectivity index (χ4v) is 3.02. The SMILES string of the molecule is Cc1cc(=O)n2c(n1)NC(N1CCOCC1)=NC2c1ccccc1. The highest BCUT2D eigenvalue weighted by Crippen LogP contribution is 2.26. The molecule has 124 valence electrons. The highest BCUT2D eigenvalue weighted by molar-refractivity contribution is 5.93. The third-order valence-corrected chi connectivity index (χ3v) is 4.20. The lowest BCUT2D eigenvalue weighted by molar-refractivity contribution is 0.0675. The van der Waals surface area contributed by atoms with Crippen LogP contribution in [0.3, 0.4) is 0 Å². The van der Waals surface area contributed by atoms with Crippen molar-refractivity contribution in [1.29, 1.82) is 0 Å². The van der Waals surface area contributed by atoms with Crippen molar-refractivity contribution < 1.29 is 4.74 Å². The quantitative estimate of drug-likeness (QED) is 0.853. The fraction of sp³-hybridized carbons (Fsp3) is 0.353. The summed E-state index contributed by atoms with van der Waals surface area (Å²) in [5, 5.41) is 3.22. The zero-order valence-electron chi connectivity index (χ0n) is 13.5. The molecular formula is C17H19N5O2. The minimum atomic E-state index is -0.416. The van der Waals surface area contributed by atoms with Crippen LogP contribution in [-0.4, -0.2) is 46.7 Å². The second-order valence-electron chi connectivity index (χ2n) is 5.89. The van der Waals surface area contributed by atoms with Crippen LogP contribution in [0.2, 0.25) is 0 Å². The van der Waals surface area contributed by atoms with E-state index in [0.29, 0.717) is 24.9 Å². The molecule has 1 N–H and O–H groups in total. The summed E-state index contributed by atoms with van der Waals surface area (Å²) in [5.41, 5.74) is 1.54. The zero-order valence-corrected chi connectivity index (χ0v) is 13.5. The molecule has 7 heteroatoms. The molecule has 2 aromatic rings. The van der Waals surface area contributed by atoms with Gasteiger partial charge in [0, 0.05) is 24.8 Å². The Labute approximate surface area is 139 Å². The van der Waals surface area contributed by atoms with Gasteiger partial charge in [-0.15, -0.1) is 0 Å². The molecule has 0 amide bonds. The number of anilines is 1. The number of morpholine rings is 1. The van der Waals surface area contributed by atoms with Gasteiger partial charge in [0.15, 0.2) is 6.17 Å². The summed E-state index contributed by atoms with van der Waals surface area (Å²) in [6.07, 6.45) is -0.416. The summed E-state index contributed by atoms with van der Waals surface area (Å²) in [6.45, 7) is 4.70. The standard InChI is InChI=1S/C17H19N5O2/c1-12-11-14(23)22-15(13-5-3-2-4-6-13)19-16(20-17(22)18-12)21-7-9-24-10-8-21/h2-6,11,15H,7-10H2,1H3,(H,18,19,20). The van der Waals surface area contributed by atoms with Crippen LogP contribution in [0.1, 0.15) is 17.4 Å². The number of hydrogen-bond acceptors (Lipinski definition) is 6. The first-order chi connectivity index (χ1) is 11.7. The Morgan fingerprint density at radius 1 is 1.21 bits per heavy atom. The minimum absolute atomic E-state index is 0.108. The van der Waals surface area contributed by atoms with Crippen molar-refractivity contribution in [3.05, 3.63) is 58.0 Å². The summed E-state index contributed by atoms with van der Waals surface area (Å²) in [4.78, 5) is 24.0. The number of aromatic nitrogens is 2. The van der Waals surface area contributed by atoms with Crippen molar-refractivity contribution in [2.45, 2.75) is 13.1 Å². The molecule has 24 heavy (non-hydrogen) atoms. The lowest BCUT2D eigenvalue weighted by Crippen LogP contribution is -2.47. The molecule has 0 spiro atoms. The molecule has 0 aliphatic carbocycles. The van der Waals surface area contributed by atoms with E-state index >= 15 is 0 Å². The molecule has 1 atom stereocenters. The third-order valence-electron chi connectivity index (χ3n) is 4.20. The molecule has 4 rings (SSSR count). The Hall–Kier alpha value is -2.67. The molecule has 7 nitrogen and oxygen atoms in total. The molecule has 1 fully saturated rings. The number of rotatable bonds is 1. The lowest BCUT2D eigenvalue weighted by Gasteiger charge is -2.34. The molecule has 1 unspecified atom stereocenters. The highest BCUT2D eigenvalue weighted by Gasteiger charge is 2.27. The average Bonchev–Trinajstić information content (AvgIpc) is 2.62. The summed E-state index contributed by atoms with van der Waals surface area (Å²) in [5.74, 6) is 1.27. The summed E-state index contributed by atoms with van der Waals surface area (Å²) in [7, 11) is 0. The number of fused-ring (bicyclic) bond motifs is 1. The number of aliphatic imine (C=N–C) groups is 1. The van der Waals surface area contributed by atoms with E-state index in [1.807, 2.05) is 37.3 Å². The Bertz CT molecular complexity index is 825. The number of aryl methyl sites for hydroxylation is 1. The van der Waals surface area contributed by atoms with Gasteiger partial charge in [0.1, 0.15) is 0 Å². The fourth-order valence-electron chi connectivity index (χ4n) is 3.02. The maximum Gasteiger partial charge on any atom is 0.257 e. The maximum atomic E-state index is 12.5. The van der Waals surface area contributed by atoms with E-state index in [4.69, 9.17) is 9.73 Å². The van der Waals surface area contributed by atoms with Gasteiger partial charge in [-0.25, -0.2) is 9.98 Å².